The van der Waals surface area contributed by atoms with Gasteiger partial charge < -0.3 is 10.5 Å². The lowest BCUT2D eigenvalue weighted by atomic mass is 9.90. The number of ether oxygens (including phenoxy) is 1. The number of nitrogens with two attached hydrogens (primary N) is 1. The minimum Gasteiger partial charge on any atom is -0.367 e. The van der Waals surface area contributed by atoms with Gasteiger partial charge in [-0.15, -0.1) is 0 Å². The van der Waals surface area contributed by atoms with Crippen molar-refractivity contribution in [2.75, 3.05) is 6.26 Å². The molecule has 2 aromatic rings. The molecule has 0 amide bonds. The lowest BCUT2D eigenvalue weighted by Crippen LogP contribution is -2.52. The zero-order valence-corrected chi connectivity index (χ0v) is 16.4. The van der Waals surface area contributed by atoms with Gasteiger partial charge in [0, 0.05) is 42.5 Å². The fraction of sp³-hybridized carbons (Fsp3) is 0.500. The number of aromatic nitrogens is 2. The van der Waals surface area contributed by atoms with Crippen LogP contribution >= 0.6 is 0 Å². The average molecular weight is 412 g/mol. The van der Waals surface area contributed by atoms with Crippen LogP contribution in [0, 0.1) is 11.6 Å². The van der Waals surface area contributed by atoms with Crippen molar-refractivity contribution in [1.29, 1.82) is 0 Å². The van der Waals surface area contributed by atoms with E-state index in [-0.39, 0.29) is 17.7 Å². The Bertz CT molecular complexity index is 987. The third-order valence-electron chi connectivity index (χ3n) is 5.46. The van der Waals surface area contributed by atoms with Gasteiger partial charge >= 0.3 is 0 Å². The summed E-state index contributed by atoms with van der Waals surface area (Å²) in [6.07, 6.45) is 2.19. The predicted molar refractivity (Wildman–Crippen MR) is 97.7 cm³/mol. The van der Waals surface area contributed by atoms with Crippen LogP contribution in [-0.2, 0) is 27.8 Å². The zero-order valence-electron chi connectivity index (χ0n) is 15.5. The number of nitrogens with zero attached hydrogens (tertiary/aromatic N) is 3. The summed E-state index contributed by atoms with van der Waals surface area (Å²) in [5.41, 5.74) is 7.97. The van der Waals surface area contributed by atoms with Gasteiger partial charge in [-0.25, -0.2) is 17.2 Å². The SMILES string of the molecule is C[C@@H]1O[C@H](c2cc(F)ccc2F)[C@@H](N)C[C@@H]1N1Cc2cn(S(C)(=O)=O)nc2C1. The Balaban J connectivity index is 1.49. The fourth-order valence-corrected chi connectivity index (χ4v) is 4.62. The molecule has 4 atom stereocenters. The molecule has 2 aliphatic rings. The molecule has 2 aliphatic heterocycles. The third-order valence-corrected chi connectivity index (χ3v) is 6.33. The maximum absolute atomic E-state index is 14.2. The van der Waals surface area contributed by atoms with Crippen LogP contribution < -0.4 is 5.73 Å². The quantitative estimate of drug-likeness (QED) is 0.822. The predicted octanol–water partition coefficient (Wildman–Crippen LogP) is 1.53. The molecule has 0 saturated carbocycles. The fourth-order valence-electron chi connectivity index (χ4n) is 4.06. The van der Waals surface area contributed by atoms with E-state index in [2.05, 4.69) is 10.00 Å². The van der Waals surface area contributed by atoms with Crippen LogP contribution in [0.3, 0.4) is 0 Å². The summed E-state index contributed by atoms with van der Waals surface area (Å²) in [6, 6.07) is 2.74. The zero-order chi connectivity index (χ0) is 20.2. The van der Waals surface area contributed by atoms with E-state index < -0.39 is 33.8 Å². The summed E-state index contributed by atoms with van der Waals surface area (Å²) in [7, 11) is -3.41. The Kier molecular flexibility index (Phi) is 4.77. The topological polar surface area (TPSA) is 90.5 Å². The monoisotopic (exact) mass is 412 g/mol. The van der Waals surface area contributed by atoms with Crippen molar-refractivity contribution in [2.24, 2.45) is 5.73 Å². The van der Waals surface area contributed by atoms with E-state index in [0.29, 0.717) is 25.2 Å². The van der Waals surface area contributed by atoms with Gasteiger partial charge in [0.15, 0.2) is 0 Å². The Hall–Kier alpha value is -1.88. The first-order valence-corrected chi connectivity index (χ1v) is 10.9. The van der Waals surface area contributed by atoms with E-state index in [1.54, 1.807) is 0 Å². The van der Waals surface area contributed by atoms with Gasteiger partial charge in [-0.2, -0.15) is 9.19 Å². The molecule has 1 aromatic carbocycles. The Morgan fingerprint density at radius 3 is 2.71 bits per heavy atom. The van der Waals surface area contributed by atoms with E-state index in [1.165, 1.54) is 6.20 Å². The van der Waals surface area contributed by atoms with Crippen LogP contribution in [0.2, 0.25) is 0 Å². The molecule has 152 valence electrons. The Labute approximate surface area is 162 Å². The van der Waals surface area contributed by atoms with Crippen molar-refractivity contribution in [3.63, 3.8) is 0 Å². The second-order valence-corrected chi connectivity index (χ2v) is 9.38. The maximum Gasteiger partial charge on any atom is 0.250 e. The third kappa shape index (κ3) is 3.45. The van der Waals surface area contributed by atoms with E-state index in [0.717, 1.165) is 34.1 Å². The van der Waals surface area contributed by atoms with Crippen molar-refractivity contribution < 1.29 is 21.9 Å². The van der Waals surface area contributed by atoms with Crippen molar-refractivity contribution in [1.82, 2.24) is 14.1 Å². The highest BCUT2D eigenvalue weighted by molar-refractivity contribution is 7.89. The first kappa shape index (κ1) is 19.4. The molecular weight excluding hydrogens is 390 g/mol. The van der Waals surface area contributed by atoms with E-state index in [4.69, 9.17) is 10.5 Å². The molecule has 1 fully saturated rings. The highest BCUT2D eigenvalue weighted by Gasteiger charge is 2.41. The van der Waals surface area contributed by atoms with Crippen LogP contribution in [0.15, 0.2) is 24.4 Å². The molecule has 1 saturated heterocycles. The van der Waals surface area contributed by atoms with Crippen LogP contribution in [0.25, 0.3) is 0 Å². The smallest absolute Gasteiger partial charge is 0.250 e. The van der Waals surface area contributed by atoms with Gasteiger partial charge in [-0.3, -0.25) is 4.90 Å². The molecule has 0 bridgehead atoms. The number of halogens is 2. The second kappa shape index (κ2) is 6.87. The Morgan fingerprint density at radius 2 is 2.04 bits per heavy atom. The molecule has 0 radical (unpaired) electrons. The summed E-state index contributed by atoms with van der Waals surface area (Å²) in [6.45, 7) is 2.91. The number of benzene rings is 1. The summed E-state index contributed by atoms with van der Waals surface area (Å²) in [4.78, 5) is 2.13. The molecule has 0 unspecified atom stereocenters. The summed E-state index contributed by atoms with van der Waals surface area (Å²) in [5, 5.41) is 4.16. The number of rotatable bonds is 3. The van der Waals surface area contributed by atoms with Gasteiger partial charge in [-0.1, -0.05) is 0 Å². The van der Waals surface area contributed by atoms with Crippen LogP contribution in [-0.4, -0.2) is 46.9 Å². The standard InChI is InChI=1S/C18H22F2N4O3S/c1-10-17(23-7-11-8-24(28(2,25)26)22-16(11)9-23)6-15(21)18(27-10)13-5-12(19)3-4-14(13)20/h3-5,8,10,15,17-18H,6-7,9,21H2,1-2H3/t10-,15-,17-,18+/m0/s1. The van der Waals surface area contributed by atoms with Crippen molar-refractivity contribution in [2.45, 2.75) is 50.7 Å². The highest BCUT2D eigenvalue weighted by atomic mass is 32.2. The lowest BCUT2D eigenvalue weighted by molar-refractivity contribution is -0.104. The second-order valence-electron chi connectivity index (χ2n) is 7.54. The molecule has 0 aliphatic carbocycles. The van der Waals surface area contributed by atoms with E-state index in [9.17, 15) is 17.2 Å². The molecule has 3 heterocycles. The molecular formula is C18H22F2N4O3S. The molecule has 28 heavy (non-hydrogen) atoms. The minimum absolute atomic E-state index is 0.0382. The van der Waals surface area contributed by atoms with Crippen LogP contribution in [0.5, 0.6) is 0 Å². The molecule has 2 N–H and O–H groups in total. The first-order valence-electron chi connectivity index (χ1n) is 9.01. The van der Waals surface area contributed by atoms with Crippen LogP contribution in [0.4, 0.5) is 8.78 Å². The number of hydrogen-bond acceptors (Lipinski definition) is 6. The molecule has 10 heteroatoms. The molecule has 0 spiro atoms. The number of fused-ring (bicyclic) bond motifs is 1. The lowest BCUT2D eigenvalue weighted by Gasteiger charge is -2.43. The molecule has 1 aromatic heterocycles. The average Bonchev–Trinajstić information content (AvgIpc) is 3.17. The van der Waals surface area contributed by atoms with Gasteiger partial charge in [0.2, 0.25) is 0 Å². The van der Waals surface area contributed by atoms with Crippen LogP contribution in [0.1, 0.15) is 36.3 Å². The number of hydrogen-bond donors (Lipinski definition) is 1. The van der Waals surface area contributed by atoms with Crippen molar-refractivity contribution in [3.8, 4) is 0 Å². The van der Waals surface area contributed by atoms with Gasteiger partial charge in [0.1, 0.15) is 17.7 Å². The van der Waals surface area contributed by atoms with Crippen molar-refractivity contribution >= 4 is 10.0 Å². The highest BCUT2D eigenvalue weighted by Crippen LogP contribution is 2.37. The summed E-state index contributed by atoms with van der Waals surface area (Å²) < 4.78 is 58.0. The summed E-state index contributed by atoms with van der Waals surface area (Å²) >= 11 is 0. The van der Waals surface area contributed by atoms with Crippen molar-refractivity contribution in [3.05, 3.63) is 52.9 Å². The van der Waals surface area contributed by atoms with E-state index in [1.807, 2.05) is 6.92 Å². The minimum atomic E-state index is -3.41. The van der Waals surface area contributed by atoms with Gasteiger partial charge in [0.25, 0.3) is 10.0 Å². The van der Waals surface area contributed by atoms with Gasteiger partial charge in [-0.05, 0) is 31.5 Å². The normalized spacial score (nSPS) is 28.5. The van der Waals surface area contributed by atoms with E-state index >= 15 is 0 Å². The molecule has 7 nitrogen and oxygen atoms in total. The maximum atomic E-state index is 14.2. The first-order chi connectivity index (χ1) is 13.1. The van der Waals surface area contributed by atoms with Gasteiger partial charge in [0.05, 0.1) is 18.1 Å². The summed E-state index contributed by atoms with van der Waals surface area (Å²) in [5.74, 6) is -1.07. The largest absolute Gasteiger partial charge is 0.367 e. The molecule has 4 rings (SSSR count). The Morgan fingerprint density at radius 1 is 1.29 bits per heavy atom.